The zero-order valence-corrected chi connectivity index (χ0v) is 33.3. The standard InChI is InChI=1S/C53H48Si/c1-37-27-38(2)29-50(28-37)54(53(6)36-39(3)40(4)41(53)5,51-32-46(42-19-11-7-12-20-42)30-47(33-51)43-21-13-8-14-22-43)52-34-48(44-23-15-9-16-24-44)31-49(35-52)45-25-17-10-18-26-45/h7-36H,1-6H3. The maximum atomic E-state index is 2.64. The Labute approximate surface area is 323 Å². The number of allylic oxidation sites excluding steroid dienone is 4. The van der Waals surface area contributed by atoms with Gasteiger partial charge in [0.2, 0.25) is 0 Å². The maximum Gasteiger partial charge on any atom is 0.161 e. The molecule has 0 bridgehead atoms. The SMILES string of the molecule is CC1=CC(C)([Si](c2cc(C)cc(C)c2)(c2cc(-c3ccccc3)cc(-c3ccccc3)c2)c2cc(-c3ccccc3)cc(-c3ccccc3)c2)C(C)=C1C. The Morgan fingerprint density at radius 3 is 0.963 bits per heavy atom. The Bertz CT molecular complexity index is 2260. The lowest BCUT2D eigenvalue weighted by molar-refractivity contribution is 0.870. The fourth-order valence-electron chi connectivity index (χ4n) is 9.19. The molecule has 1 aliphatic carbocycles. The molecule has 0 fully saturated rings. The van der Waals surface area contributed by atoms with E-state index in [0.29, 0.717) is 0 Å². The van der Waals surface area contributed by atoms with Gasteiger partial charge in [0.1, 0.15) is 0 Å². The molecule has 0 saturated heterocycles. The van der Waals surface area contributed by atoms with Crippen LogP contribution in [0.25, 0.3) is 44.5 Å². The molecule has 1 heteroatoms. The van der Waals surface area contributed by atoms with E-state index in [1.165, 1.54) is 87.9 Å². The molecule has 0 amide bonds. The lowest BCUT2D eigenvalue weighted by Gasteiger charge is -2.48. The minimum atomic E-state index is -3.12. The monoisotopic (exact) mass is 712 g/mol. The molecule has 7 aromatic rings. The van der Waals surface area contributed by atoms with Gasteiger partial charge in [0.05, 0.1) is 0 Å². The van der Waals surface area contributed by atoms with E-state index in [1.54, 1.807) is 0 Å². The third-order valence-corrected chi connectivity index (χ3v) is 17.6. The number of rotatable bonds is 8. The van der Waals surface area contributed by atoms with Gasteiger partial charge in [-0.1, -0.05) is 199 Å². The van der Waals surface area contributed by atoms with Gasteiger partial charge in [-0.05, 0) is 112 Å². The molecule has 7 aromatic carbocycles. The van der Waals surface area contributed by atoms with Crippen molar-refractivity contribution in [3.05, 3.63) is 210 Å². The minimum Gasteiger partial charge on any atom is -0.0730 e. The molecule has 1 atom stereocenters. The van der Waals surface area contributed by atoms with Crippen molar-refractivity contribution < 1.29 is 0 Å². The van der Waals surface area contributed by atoms with E-state index in [9.17, 15) is 0 Å². The summed E-state index contributed by atoms with van der Waals surface area (Å²) >= 11 is 0. The van der Waals surface area contributed by atoms with Crippen molar-refractivity contribution in [2.24, 2.45) is 0 Å². The van der Waals surface area contributed by atoms with Crippen LogP contribution in [0.5, 0.6) is 0 Å². The molecule has 1 unspecified atom stereocenters. The van der Waals surface area contributed by atoms with Crippen LogP contribution in [-0.2, 0) is 0 Å². The van der Waals surface area contributed by atoms with Crippen molar-refractivity contribution in [3.63, 3.8) is 0 Å². The van der Waals surface area contributed by atoms with Crippen LogP contribution < -0.4 is 15.6 Å². The van der Waals surface area contributed by atoms with Crippen LogP contribution in [0.1, 0.15) is 38.8 Å². The topological polar surface area (TPSA) is 0 Å². The van der Waals surface area contributed by atoms with Crippen LogP contribution in [0, 0.1) is 13.8 Å². The van der Waals surface area contributed by atoms with Gasteiger partial charge >= 0.3 is 0 Å². The smallest absolute Gasteiger partial charge is 0.0730 e. The highest BCUT2D eigenvalue weighted by Gasteiger charge is 2.56. The summed E-state index contributed by atoms with van der Waals surface area (Å²) in [6.07, 6.45) is 2.64. The Kier molecular flexibility index (Phi) is 9.30. The molecule has 54 heavy (non-hydrogen) atoms. The minimum absolute atomic E-state index is 0.284. The van der Waals surface area contributed by atoms with Crippen LogP contribution in [-0.4, -0.2) is 8.07 Å². The van der Waals surface area contributed by atoms with E-state index in [0.717, 1.165) is 0 Å². The summed E-state index contributed by atoms with van der Waals surface area (Å²) in [6, 6.07) is 66.2. The Hall–Kier alpha value is -5.76. The largest absolute Gasteiger partial charge is 0.161 e. The molecule has 0 saturated carbocycles. The average Bonchev–Trinajstić information content (AvgIpc) is 3.41. The molecular weight excluding hydrogens is 665 g/mol. The number of hydrogen-bond donors (Lipinski definition) is 0. The molecule has 264 valence electrons. The predicted molar refractivity (Wildman–Crippen MR) is 236 cm³/mol. The average molecular weight is 713 g/mol. The molecule has 0 aliphatic heterocycles. The Morgan fingerprint density at radius 2 is 0.667 bits per heavy atom. The first-order chi connectivity index (χ1) is 26.2. The summed E-state index contributed by atoms with van der Waals surface area (Å²) < 4.78 is 0. The molecule has 0 radical (unpaired) electrons. The second-order valence-electron chi connectivity index (χ2n) is 15.5. The summed E-state index contributed by atoms with van der Waals surface area (Å²) in [5.41, 5.74) is 16.8. The molecule has 0 heterocycles. The van der Waals surface area contributed by atoms with Gasteiger partial charge in [-0.15, -0.1) is 0 Å². The Morgan fingerprint density at radius 1 is 0.352 bits per heavy atom. The van der Waals surface area contributed by atoms with E-state index in [1.807, 2.05) is 0 Å². The molecule has 0 spiro atoms. The summed E-state index contributed by atoms with van der Waals surface area (Å²) in [5.74, 6) is 0. The molecule has 0 aromatic heterocycles. The third-order valence-electron chi connectivity index (χ3n) is 12.0. The van der Waals surface area contributed by atoms with Gasteiger partial charge in [0.25, 0.3) is 0 Å². The van der Waals surface area contributed by atoms with Crippen LogP contribution in [0.4, 0.5) is 0 Å². The van der Waals surface area contributed by atoms with Gasteiger partial charge in [0.15, 0.2) is 8.07 Å². The number of hydrogen-bond acceptors (Lipinski definition) is 0. The van der Waals surface area contributed by atoms with Gasteiger partial charge in [0, 0.05) is 5.04 Å². The van der Waals surface area contributed by atoms with Crippen LogP contribution >= 0.6 is 0 Å². The summed E-state index contributed by atoms with van der Waals surface area (Å²) in [4.78, 5) is 0. The molecule has 0 nitrogen and oxygen atoms in total. The quantitative estimate of drug-likeness (QED) is 0.109. The first-order valence-corrected chi connectivity index (χ1v) is 21.2. The van der Waals surface area contributed by atoms with E-state index >= 15 is 0 Å². The van der Waals surface area contributed by atoms with Gasteiger partial charge in [-0.25, -0.2) is 0 Å². The number of benzene rings is 7. The maximum absolute atomic E-state index is 3.12. The first-order valence-electron chi connectivity index (χ1n) is 19.2. The van der Waals surface area contributed by atoms with Crippen molar-refractivity contribution in [3.8, 4) is 44.5 Å². The van der Waals surface area contributed by atoms with Gasteiger partial charge < -0.3 is 0 Å². The fourth-order valence-corrected chi connectivity index (χ4v) is 15.6. The highest BCUT2D eigenvalue weighted by atomic mass is 28.3. The predicted octanol–water partition coefficient (Wildman–Crippen LogP) is 12.5. The van der Waals surface area contributed by atoms with E-state index in [2.05, 4.69) is 224 Å². The zero-order valence-electron chi connectivity index (χ0n) is 32.3. The van der Waals surface area contributed by atoms with E-state index in [-0.39, 0.29) is 5.04 Å². The summed E-state index contributed by atoms with van der Waals surface area (Å²) in [5, 5.41) is 3.98. The van der Waals surface area contributed by atoms with Crippen LogP contribution in [0.3, 0.4) is 0 Å². The van der Waals surface area contributed by atoms with Crippen LogP contribution in [0.2, 0.25) is 5.04 Å². The third kappa shape index (κ3) is 6.13. The highest BCUT2D eigenvalue weighted by molar-refractivity contribution is 7.14. The molecule has 1 aliphatic rings. The zero-order chi connectivity index (χ0) is 37.5. The van der Waals surface area contributed by atoms with Gasteiger partial charge in [-0.3, -0.25) is 0 Å². The van der Waals surface area contributed by atoms with E-state index < -0.39 is 8.07 Å². The van der Waals surface area contributed by atoms with Gasteiger partial charge in [-0.2, -0.15) is 0 Å². The second-order valence-corrected chi connectivity index (χ2v) is 19.7. The normalized spacial score (nSPS) is 15.7. The number of aryl methyl sites for hydroxylation is 2. The molecule has 8 rings (SSSR count). The van der Waals surface area contributed by atoms with Crippen molar-refractivity contribution in [1.82, 2.24) is 0 Å². The van der Waals surface area contributed by atoms with Crippen molar-refractivity contribution >= 4 is 23.6 Å². The van der Waals surface area contributed by atoms with Crippen molar-refractivity contribution in [2.75, 3.05) is 0 Å². The fraction of sp³-hybridized carbons (Fsp3) is 0.132. The molecular formula is C53H48Si. The van der Waals surface area contributed by atoms with Crippen molar-refractivity contribution in [2.45, 2.75) is 46.6 Å². The molecule has 0 N–H and O–H groups in total. The lowest BCUT2D eigenvalue weighted by atomic mass is 9.99. The van der Waals surface area contributed by atoms with Crippen molar-refractivity contribution in [1.29, 1.82) is 0 Å². The second kappa shape index (κ2) is 14.2. The van der Waals surface area contributed by atoms with E-state index in [4.69, 9.17) is 0 Å². The van der Waals surface area contributed by atoms with Crippen LogP contribution in [0.15, 0.2) is 199 Å². The highest BCUT2D eigenvalue weighted by Crippen LogP contribution is 2.53. The Balaban J connectivity index is 1.60. The summed E-state index contributed by atoms with van der Waals surface area (Å²) in [7, 11) is -3.12. The lowest BCUT2D eigenvalue weighted by Crippen LogP contribution is -2.73. The first kappa shape index (κ1) is 35.3. The summed E-state index contributed by atoms with van der Waals surface area (Å²) in [6.45, 7) is 14.2.